The van der Waals surface area contributed by atoms with Crippen molar-refractivity contribution < 1.29 is 13.9 Å². The maximum atomic E-state index is 13.1. The summed E-state index contributed by atoms with van der Waals surface area (Å²) < 4.78 is 26.1. The van der Waals surface area contributed by atoms with Crippen molar-refractivity contribution in [3.8, 4) is 0 Å². The zero-order valence-electron chi connectivity index (χ0n) is 7.02. The molecule has 0 radical (unpaired) electrons. The van der Waals surface area contributed by atoms with Crippen LogP contribution >= 0.6 is 11.6 Å². The van der Waals surface area contributed by atoms with E-state index >= 15 is 0 Å². The van der Waals surface area contributed by atoms with Gasteiger partial charge in [-0.25, -0.2) is 8.78 Å². The molecule has 1 aromatic rings. The second-order valence-electron chi connectivity index (χ2n) is 2.87. The van der Waals surface area contributed by atoms with E-state index in [9.17, 15) is 8.78 Å². The van der Waals surface area contributed by atoms with Crippen molar-refractivity contribution in [3.05, 3.63) is 34.4 Å². The molecule has 4 heteroatoms. The van der Waals surface area contributed by atoms with Crippen molar-refractivity contribution in [1.29, 1.82) is 0 Å². The molecule has 1 aromatic carbocycles. The van der Waals surface area contributed by atoms with Crippen LogP contribution < -0.4 is 0 Å². The molecule has 1 nitrogen and oxygen atoms in total. The van der Waals surface area contributed by atoms with Gasteiger partial charge in [-0.1, -0.05) is 11.6 Å². The molecule has 0 unspecified atom stereocenters. The number of aliphatic hydroxyl groups is 1. The molecule has 0 heterocycles. The molecule has 0 amide bonds. The Morgan fingerprint density at radius 3 is 2.62 bits per heavy atom. The standard InChI is InChI=1S/C9H9ClF2O/c1-5(13)4-6-8(11)3-2-7(10)9(6)12/h2-3,5,13H,4H2,1H3/t5-/m1/s1. The average Bonchev–Trinajstić information content (AvgIpc) is 2.05. The van der Waals surface area contributed by atoms with Gasteiger partial charge in [0, 0.05) is 12.0 Å². The first-order valence-electron chi connectivity index (χ1n) is 3.82. The van der Waals surface area contributed by atoms with Gasteiger partial charge in [0.1, 0.15) is 11.6 Å². The Labute approximate surface area is 80.0 Å². The molecule has 0 aromatic heterocycles. The molecule has 0 fully saturated rings. The van der Waals surface area contributed by atoms with Gasteiger partial charge in [0.2, 0.25) is 0 Å². The minimum absolute atomic E-state index is 0.0712. The van der Waals surface area contributed by atoms with E-state index in [0.29, 0.717) is 0 Å². The lowest BCUT2D eigenvalue weighted by atomic mass is 10.1. The third kappa shape index (κ3) is 2.39. The predicted octanol–water partition coefficient (Wildman–Crippen LogP) is 2.54. The van der Waals surface area contributed by atoms with Gasteiger partial charge in [-0.15, -0.1) is 0 Å². The summed E-state index contributed by atoms with van der Waals surface area (Å²) in [5.41, 5.74) is -0.164. The molecule has 0 spiro atoms. The van der Waals surface area contributed by atoms with Crippen LogP contribution in [-0.2, 0) is 6.42 Å². The van der Waals surface area contributed by atoms with Crippen LogP contribution in [0.25, 0.3) is 0 Å². The number of benzene rings is 1. The van der Waals surface area contributed by atoms with Crippen LogP contribution in [0.5, 0.6) is 0 Å². The minimum Gasteiger partial charge on any atom is -0.393 e. The second kappa shape index (κ2) is 4.03. The van der Waals surface area contributed by atoms with Crippen LogP contribution in [0.15, 0.2) is 12.1 Å². The number of rotatable bonds is 2. The Balaban J connectivity index is 3.10. The van der Waals surface area contributed by atoms with Crippen LogP contribution in [0.2, 0.25) is 5.02 Å². The summed E-state index contributed by atoms with van der Waals surface area (Å²) in [6, 6.07) is 2.24. The molecular weight excluding hydrogens is 198 g/mol. The average molecular weight is 207 g/mol. The molecule has 0 saturated carbocycles. The van der Waals surface area contributed by atoms with Crippen LogP contribution in [0, 0.1) is 11.6 Å². The predicted molar refractivity (Wildman–Crippen MR) is 46.8 cm³/mol. The maximum Gasteiger partial charge on any atom is 0.147 e. The van der Waals surface area contributed by atoms with Gasteiger partial charge in [0.15, 0.2) is 0 Å². The molecule has 1 atom stereocenters. The zero-order chi connectivity index (χ0) is 10.0. The quantitative estimate of drug-likeness (QED) is 0.738. The first-order chi connectivity index (χ1) is 6.02. The van der Waals surface area contributed by atoms with Gasteiger partial charge in [0.05, 0.1) is 11.1 Å². The lowest BCUT2D eigenvalue weighted by Gasteiger charge is -2.07. The van der Waals surface area contributed by atoms with E-state index < -0.39 is 17.7 Å². The molecule has 0 bridgehead atoms. The Morgan fingerprint density at radius 1 is 1.46 bits per heavy atom. The lowest BCUT2D eigenvalue weighted by molar-refractivity contribution is 0.192. The fraction of sp³-hybridized carbons (Fsp3) is 0.333. The van der Waals surface area contributed by atoms with Gasteiger partial charge >= 0.3 is 0 Å². The van der Waals surface area contributed by atoms with Crippen molar-refractivity contribution in [3.63, 3.8) is 0 Å². The number of aliphatic hydroxyl groups excluding tert-OH is 1. The summed E-state index contributed by atoms with van der Waals surface area (Å²) in [7, 11) is 0. The second-order valence-corrected chi connectivity index (χ2v) is 3.28. The van der Waals surface area contributed by atoms with Gasteiger partial charge in [-0.05, 0) is 19.1 Å². The van der Waals surface area contributed by atoms with E-state index in [0.717, 1.165) is 12.1 Å². The summed E-state index contributed by atoms with van der Waals surface area (Å²) >= 11 is 5.45. The van der Waals surface area contributed by atoms with Gasteiger partial charge in [-0.2, -0.15) is 0 Å². The topological polar surface area (TPSA) is 20.2 Å². The molecule has 0 saturated heterocycles. The normalized spacial score (nSPS) is 13.0. The van der Waals surface area contributed by atoms with Crippen molar-refractivity contribution in [1.82, 2.24) is 0 Å². The highest BCUT2D eigenvalue weighted by Gasteiger charge is 2.13. The summed E-state index contributed by atoms with van der Waals surface area (Å²) in [6.07, 6.45) is -0.861. The highest BCUT2D eigenvalue weighted by Crippen LogP contribution is 2.22. The van der Waals surface area contributed by atoms with E-state index in [2.05, 4.69) is 0 Å². The van der Waals surface area contributed by atoms with Crippen LogP contribution in [0.3, 0.4) is 0 Å². The van der Waals surface area contributed by atoms with E-state index in [1.54, 1.807) is 0 Å². The molecule has 0 aliphatic heterocycles. The Morgan fingerprint density at radius 2 is 2.08 bits per heavy atom. The fourth-order valence-electron chi connectivity index (χ4n) is 1.05. The van der Waals surface area contributed by atoms with Crippen molar-refractivity contribution in [2.24, 2.45) is 0 Å². The van der Waals surface area contributed by atoms with Crippen LogP contribution in [0.4, 0.5) is 8.78 Å². The Bertz CT molecular complexity index is 313. The largest absolute Gasteiger partial charge is 0.393 e. The van der Waals surface area contributed by atoms with Gasteiger partial charge in [0.25, 0.3) is 0 Å². The van der Waals surface area contributed by atoms with E-state index in [-0.39, 0.29) is 17.0 Å². The van der Waals surface area contributed by atoms with Crippen molar-refractivity contribution >= 4 is 11.6 Å². The monoisotopic (exact) mass is 206 g/mol. The molecule has 0 aliphatic carbocycles. The smallest absolute Gasteiger partial charge is 0.147 e. The highest BCUT2D eigenvalue weighted by atomic mass is 35.5. The van der Waals surface area contributed by atoms with Crippen molar-refractivity contribution in [2.45, 2.75) is 19.4 Å². The molecule has 13 heavy (non-hydrogen) atoms. The number of hydrogen-bond donors (Lipinski definition) is 1. The SMILES string of the molecule is C[C@@H](O)Cc1c(F)ccc(Cl)c1F. The van der Waals surface area contributed by atoms with Crippen LogP contribution in [0.1, 0.15) is 12.5 Å². The van der Waals surface area contributed by atoms with Gasteiger partial charge in [-0.3, -0.25) is 0 Å². The summed E-state index contributed by atoms with van der Waals surface area (Å²) in [6.45, 7) is 1.46. The van der Waals surface area contributed by atoms with E-state index in [4.69, 9.17) is 16.7 Å². The number of hydrogen-bond acceptors (Lipinski definition) is 1. The molecule has 1 N–H and O–H groups in total. The molecule has 72 valence electrons. The van der Waals surface area contributed by atoms with E-state index in [1.165, 1.54) is 6.92 Å². The first-order valence-corrected chi connectivity index (χ1v) is 4.20. The zero-order valence-corrected chi connectivity index (χ0v) is 7.78. The molecule has 0 aliphatic rings. The highest BCUT2D eigenvalue weighted by molar-refractivity contribution is 6.30. The number of halogens is 3. The summed E-state index contributed by atoms with van der Waals surface area (Å²) in [4.78, 5) is 0. The summed E-state index contributed by atoms with van der Waals surface area (Å²) in [5.74, 6) is -1.47. The fourth-order valence-corrected chi connectivity index (χ4v) is 1.23. The lowest BCUT2D eigenvalue weighted by Crippen LogP contribution is -2.08. The minimum atomic E-state index is -0.789. The van der Waals surface area contributed by atoms with E-state index in [1.807, 2.05) is 0 Å². The van der Waals surface area contributed by atoms with Gasteiger partial charge < -0.3 is 5.11 Å². The van der Waals surface area contributed by atoms with Crippen molar-refractivity contribution in [2.75, 3.05) is 0 Å². The first kappa shape index (κ1) is 10.4. The third-order valence-electron chi connectivity index (χ3n) is 1.64. The molecular formula is C9H9ClF2O. The van der Waals surface area contributed by atoms with Crippen LogP contribution in [-0.4, -0.2) is 11.2 Å². The third-order valence-corrected chi connectivity index (χ3v) is 1.93. The Hall–Kier alpha value is -0.670. The molecule has 1 rings (SSSR count). The Kier molecular flexibility index (Phi) is 3.22. The summed E-state index contributed by atoms with van der Waals surface area (Å²) in [5, 5.41) is 8.84. The maximum absolute atomic E-state index is 13.1.